The first-order valence-electron chi connectivity index (χ1n) is 4.32. The molecule has 72 valence electrons. The van der Waals surface area contributed by atoms with Gasteiger partial charge in [-0.2, -0.15) is 0 Å². The Kier molecular flexibility index (Phi) is 2.70. The van der Waals surface area contributed by atoms with E-state index >= 15 is 0 Å². The average Bonchev–Trinajstić information content (AvgIpc) is 2.44. The summed E-state index contributed by atoms with van der Waals surface area (Å²) in [5.41, 5.74) is 0. The lowest BCUT2D eigenvalue weighted by Gasteiger charge is -1.88. The van der Waals surface area contributed by atoms with Gasteiger partial charge in [0.15, 0.2) is 0 Å². The Morgan fingerprint density at radius 1 is 1.43 bits per heavy atom. The van der Waals surface area contributed by atoms with E-state index in [1.54, 1.807) is 18.3 Å². The summed E-state index contributed by atoms with van der Waals surface area (Å²) in [7, 11) is 0. The van der Waals surface area contributed by atoms with Crippen LogP contribution in [0, 0.1) is 0 Å². The molecule has 0 N–H and O–H groups in total. The van der Waals surface area contributed by atoms with Gasteiger partial charge in [-0.25, -0.2) is 0 Å². The minimum absolute atomic E-state index is 0.218. The number of benzene rings is 1. The Morgan fingerprint density at radius 3 is 2.93 bits per heavy atom. The second kappa shape index (κ2) is 3.83. The molecule has 1 heterocycles. The van der Waals surface area contributed by atoms with Crippen molar-refractivity contribution in [2.45, 2.75) is 13.3 Å². The fraction of sp³-hybridized carbons (Fsp3) is 0.182. The molecule has 0 aliphatic rings. The van der Waals surface area contributed by atoms with Crippen molar-refractivity contribution >= 4 is 43.1 Å². The Hall–Kier alpha value is -0.670. The molecule has 0 fully saturated rings. The van der Waals surface area contributed by atoms with Crippen LogP contribution in [0.5, 0.6) is 0 Å². The van der Waals surface area contributed by atoms with Crippen molar-refractivity contribution in [1.82, 2.24) is 0 Å². The first-order valence-corrected chi connectivity index (χ1v) is 5.93. The molecule has 1 aromatic heterocycles. The van der Waals surface area contributed by atoms with Gasteiger partial charge < -0.3 is 0 Å². The SMILES string of the molecule is CC(=O)Cc1cc2ccc(Br)cc2s1. The van der Waals surface area contributed by atoms with Crippen molar-refractivity contribution in [1.29, 1.82) is 0 Å². The predicted octanol–water partition coefficient (Wildman–Crippen LogP) is 3.80. The normalized spacial score (nSPS) is 10.7. The van der Waals surface area contributed by atoms with E-state index in [0.29, 0.717) is 6.42 Å². The van der Waals surface area contributed by atoms with Crippen molar-refractivity contribution in [2.75, 3.05) is 0 Å². The second-order valence-electron chi connectivity index (χ2n) is 3.27. The molecule has 0 saturated heterocycles. The van der Waals surface area contributed by atoms with E-state index in [1.807, 2.05) is 6.07 Å². The number of hydrogen-bond donors (Lipinski definition) is 0. The summed E-state index contributed by atoms with van der Waals surface area (Å²) >= 11 is 5.12. The van der Waals surface area contributed by atoms with Crippen molar-refractivity contribution in [2.24, 2.45) is 0 Å². The third-order valence-corrected chi connectivity index (χ3v) is 3.55. The van der Waals surface area contributed by atoms with Crippen molar-refractivity contribution in [3.8, 4) is 0 Å². The predicted molar refractivity (Wildman–Crippen MR) is 63.9 cm³/mol. The van der Waals surface area contributed by atoms with E-state index in [0.717, 1.165) is 9.35 Å². The van der Waals surface area contributed by atoms with Gasteiger partial charge in [-0.3, -0.25) is 4.79 Å². The van der Waals surface area contributed by atoms with Crippen LogP contribution in [0.15, 0.2) is 28.7 Å². The van der Waals surface area contributed by atoms with E-state index in [4.69, 9.17) is 0 Å². The summed E-state index contributed by atoms with van der Waals surface area (Å²) in [5, 5.41) is 1.22. The minimum atomic E-state index is 0.218. The van der Waals surface area contributed by atoms with Crippen LogP contribution in [0.3, 0.4) is 0 Å². The van der Waals surface area contributed by atoms with E-state index in [1.165, 1.54) is 10.1 Å². The van der Waals surface area contributed by atoms with Gasteiger partial charge in [-0.15, -0.1) is 11.3 Å². The molecule has 0 atom stereocenters. The molecule has 0 bridgehead atoms. The Labute approximate surface area is 94.9 Å². The minimum Gasteiger partial charge on any atom is -0.300 e. The maximum absolute atomic E-state index is 11.0. The summed E-state index contributed by atoms with van der Waals surface area (Å²) in [4.78, 5) is 12.1. The summed E-state index contributed by atoms with van der Waals surface area (Å²) in [6, 6.07) is 8.27. The van der Waals surface area contributed by atoms with E-state index in [-0.39, 0.29) is 5.78 Å². The van der Waals surface area contributed by atoms with Crippen LogP contribution in [0.25, 0.3) is 10.1 Å². The maximum atomic E-state index is 11.0. The molecule has 1 nitrogen and oxygen atoms in total. The lowest BCUT2D eigenvalue weighted by atomic mass is 10.2. The molecule has 0 amide bonds. The first kappa shape index (κ1) is 9.87. The molecule has 14 heavy (non-hydrogen) atoms. The van der Waals surface area contributed by atoms with E-state index in [2.05, 4.69) is 34.1 Å². The van der Waals surface area contributed by atoms with Crippen LogP contribution < -0.4 is 0 Å². The van der Waals surface area contributed by atoms with Gasteiger partial charge in [-0.1, -0.05) is 22.0 Å². The van der Waals surface area contributed by atoms with Crippen LogP contribution >= 0.6 is 27.3 Å². The Morgan fingerprint density at radius 2 is 2.21 bits per heavy atom. The molecule has 0 radical (unpaired) electrons. The highest BCUT2D eigenvalue weighted by atomic mass is 79.9. The summed E-state index contributed by atoms with van der Waals surface area (Å²) < 4.78 is 2.32. The zero-order valence-electron chi connectivity index (χ0n) is 7.71. The van der Waals surface area contributed by atoms with Crippen LogP contribution in [-0.4, -0.2) is 5.78 Å². The number of Topliss-reactive ketones (excluding diaryl/α,β-unsaturated/α-hetero) is 1. The smallest absolute Gasteiger partial charge is 0.135 e. The van der Waals surface area contributed by atoms with Crippen molar-refractivity contribution in [3.05, 3.63) is 33.6 Å². The number of rotatable bonds is 2. The van der Waals surface area contributed by atoms with E-state index < -0.39 is 0 Å². The lowest BCUT2D eigenvalue weighted by molar-refractivity contribution is -0.116. The molecule has 0 aliphatic heterocycles. The van der Waals surface area contributed by atoms with Gasteiger partial charge in [0.25, 0.3) is 0 Å². The number of fused-ring (bicyclic) bond motifs is 1. The highest BCUT2D eigenvalue weighted by molar-refractivity contribution is 9.10. The number of halogens is 1. The van der Waals surface area contributed by atoms with Crippen molar-refractivity contribution in [3.63, 3.8) is 0 Å². The summed E-state index contributed by atoms with van der Waals surface area (Å²) in [5.74, 6) is 0.218. The second-order valence-corrected chi connectivity index (χ2v) is 5.36. The Bertz CT molecular complexity index is 487. The van der Waals surface area contributed by atoms with Crippen LogP contribution in [0.4, 0.5) is 0 Å². The number of hydrogen-bond acceptors (Lipinski definition) is 2. The molecule has 0 aliphatic carbocycles. The fourth-order valence-corrected chi connectivity index (χ4v) is 3.08. The topological polar surface area (TPSA) is 17.1 Å². The molecule has 0 spiro atoms. The number of carbonyl (C=O) groups excluding carboxylic acids is 1. The quantitative estimate of drug-likeness (QED) is 0.810. The molecular weight excluding hydrogens is 260 g/mol. The lowest BCUT2D eigenvalue weighted by Crippen LogP contribution is -1.92. The number of thiophene rings is 1. The Balaban J connectivity index is 2.46. The largest absolute Gasteiger partial charge is 0.300 e. The number of carbonyl (C=O) groups is 1. The molecule has 2 rings (SSSR count). The van der Waals surface area contributed by atoms with E-state index in [9.17, 15) is 4.79 Å². The summed E-state index contributed by atoms with van der Waals surface area (Å²) in [6.45, 7) is 1.63. The third-order valence-electron chi connectivity index (χ3n) is 1.96. The standard InChI is InChI=1S/C11H9BrOS/c1-7(13)4-10-5-8-2-3-9(12)6-11(8)14-10/h2-3,5-6H,4H2,1H3. The highest BCUT2D eigenvalue weighted by Crippen LogP contribution is 2.28. The highest BCUT2D eigenvalue weighted by Gasteiger charge is 2.04. The van der Waals surface area contributed by atoms with Gasteiger partial charge in [0.05, 0.1) is 0 Å². The third kappa shape index (κ3) is 2.04. The van der Waals surface area contributed by atoms with Gasteiger partial charge in [-0.05, 0) is 30.5 Å². The van der Waals surface area contributed by atoms with Crippen LogP contribution in [0.1, 0.15) is 11.8 Å². The fourth-order valence-electron chi connectivity index (χ4n) is 1.39. The average molecular weight is 269 g/mol. The van der Waals surface area contributed by atoms with Gasteiger partial charge >= 0.3 is 0 Å². The molecule has 0 unspecified atom stereocenters. The van der Waals surface area contributed by atoms with Gasteiger partial charge in [0.1, 0.15) is 5.78 Å². The molecule has 1 aromatic carbocycles. The van der Waals surface area contributed by atoms with Gasteiger partial charge in [0.2, 0.25) is 0 Å². The molecule has 2 aromatic rings. The molecule has 0 saturated carbocycles. The molecular formula is C11H9BrOS. The van der Waals surface area contributed by atoms with Crippen LogP contribution in [-0.2, 0) is 11.2 Å². The summed E-state index contributed by atoms with van der Waals surface area (Å²) in [6.07, 6.45) is 0.553. The zero-order chi connectivity index (χ0) is 10.1. The van der Waals surface area contributed by atoms with Crippen LogP contribution in [0.2, 0.25) is 0 Å². The maximum Gasteiger partial charge on any atom is 0.135 e. The monoisotopic (exact) mass is 268 g/mol. The molecule has 3 heteroatoms. The number of ketones is 1. The van der Waals surface area contributed by atoms with Gasteiger partial charge in [0, 0.05) is 20.5 Å². The zero-order valence-corrected chi connectivity index (χ0v) is 10.1. The first-order chi connectivity index (χ1) is 6.65. The van der Waals surface area contributed by atoms with Crippen molar-refractivity contribution < 1.29 is 4.79 Å².